The zero-order valence-corrected chi connectivity index (χ0v) is 14.9. The van der Waals surface area contributed by atoms with Crippen LogP contribution >= 0.6 is 0 Å². The van der Waals surface area contributed by atoms with Gasteiger partial charge in [-0.3, -0.25) is 14.4 Å². The van der Waals surface area contributed by atoms with Crippen LogP contribution in [0.15, 0.2) is 0 Å². The second-order valence-corrected chi connectivity index (χ2v) is 5.89. The number of hydrogen-bond acceptors (Lipinski definition) is 9. The van der Waals surface area contributed by atoms with Gasteiger partial charge in [0.25, 0.3) is 0 Å². The van der Waals surface area contributed by atoms with Gasteiger partial charge in [-0.25, -0.2) is 0 Å². The molecule has 9 nitrogen and oxygen atoms in total. The second-order valence-electron chi connectivity index (χ2n) is 5.89. The molecule has 1 aliphatic heterocycles. The van der Waals surface area contributed by atoms with Crippen LogP contribution < -0.4 is 0 Å². The van der Waals surface area contributed by atoms with Crippen LogP contribution in [0.3, 0.4) is 0 Å². The third kappa shape index (κ3) is 6.43. The molecule has 0 aromatic carbocycles. The summed E-state index contributed by atoms with van der Waals surface area (Å²) < 4.78 is 26.6. The lowest BCUT2D eigenvalue weighted by Crippen LogP contribution is -2.60. The number of carbonyl (C=O) groups excluding carboxylic acids is 4. The van der Waals surface area contributed by atoms with Crippen molar-refractivity contribution >= 4 is 24.2 Å². The van der Waals surface area contributed by atoms with Crippen molar-refractivity contribution in [1.29, 1.82) is 0 Å². The molecular formula is C16H24O9. The number of ether oxygens (including phenoxy) is 5. The van der Waals surface area contributed by atoms with Gasteiger partial charge in [0.05, 0.1) is 6.10 Å². The first-order valence-electron chi connectivity index (χ1n) is 7.89. The van der Waals surface area contributed by atoms with Crippen LogP contribution in [0.25, 0.3) is 0 Å². The Morgan fingerprint density at radius 1 is 1.00 bits per heavy atom. The van der Waals surface area contributed by atoms with Crippen molar-refractivity contribution in [1.82, 2.24) is 0 Å². The fourth-order valence-corrected chi connectivity index (χ4v) is 2.46. The molecule has 0 N–H and O–H groups in total. The average Bonchev–Trinajstić information content (AvgIpc) is 2.46. The molecule has 0 aromatic heterocycles. The van der Waals surface area contributed by atoms with Crippen molar-refractivity contribution in [2.45, 2.75) is 65.3 Å². The van der Waals surface area contributed by atoms with Gasteiger partial charge in [-0.1, -0.05) is 0 Å². The summed E-state index contributed by atoms with van der Waals surface area (Å²) >= 11 is 0. The largest absolute Gasteiger partial charge is 0.463 e. The summed E-state index contributed by atoms with van der Waals surface area (Å²) in [5, 5.41) is 0. The van der Waals surface area contributed by atoms with Gasteiger partial charge in [0.1, 0.15) is 24.9 Å². The maximum Gasteiger partial charge on any atom is 0.303 e. The van der Waals surface area contributed by atoms with Gasteiger partial charge in [-0.15, -0.1) is 0 Å². The molecule has 0 spiro atoms. The summed E-state index contributed by atoms with van der Waals surface area (Å²) in [6.07, 6.45) is -4.02. The van der Waals surface area contributed by atoms with Crippen LogP contribution in [-0.2, 0) is 42.9 Å². The molecule has 0 aliphatic carbocycles. The van der Waals surface area contributed by atoms with Gasteiger partial charge >= 0.3 is 17.9 Å². The molecule has 0 radical (unpaired) electrons. The highest BCUT2D eigenvalue weighted by atomic mass is 16.7. The van der Waals surface area contributed by atoms with Gasteiger partial charge in [-0.05, 0) is 13.8 Å². The van der Waals surface area contributed by atoms with Crippen molar-refractivity contribution < 1.29 is 42.9 Å². The van der Waals surface area contributed by atoms with Crippen LogP contribution in [0.1, 0.15) is 34.6 Å². The number of hydrogen-bond donors (Lipinski definition) is 0. The standard InChI is InChI=1S/C16H24O9/c1-8(2)22-16-12(6-17)14(23-10(4)19)15(24-11(5)20)13(25-16)7-21-9(3)18/h6,8,12-16H,7H2,1-5H3/t12-,13-,14-,15+,16+/m1/s1. The molecule has 0 saturated carbocycles. The van der Waals surface area contributed by atoms with E-state index < -0.39 is 48.4 Å². The van der Waals surface area contributed by atoms with Crippen molar-refractivity contribution in [3.63, 3.8) is 0 Å². The highest BCUT2D eigenvalue weighted by Gasteiger charge is 2.51. The molecule has 1 saturated heterocycles. The minimum Gasteiger partial charge on any atom is -0.463 e. The number of rotatable bonds is 7. The summed E-state index contributed by atoms with van der Waals surface area (Å²) in [5.41, 5.74) is 0. The molecule has 25 heavy (non-hydrogen) atoms. The lowest BCUT2D eigenvalue weighted by molar-refractivity contribution is -0.291. The van der Waals surface area contributed by atoms with E-state index in [0.29, 0.717) is 6.29 Å². The molecule has 1 fully saturated rings. The summed E-state index contributed by atoms with van der Waals surface area (Å²) in [6, 6.07) is 0. The highest BCUT2D eigenvalue weighted by Crippen LogP contribution is 2.31. The van der Waals surface area contributed by atoms with E-state index in [1.54, 1.807) is 13.8 Å². The fraction of sp³-hybridized carbons (Fsp3) is 0.750. The van der Waals surface area contributed by atoms with Gasteiger partial charge < -0.3 is 28.5 Å². The normalized spacial score (nSPS) is 29.0. The predicted molar refractivity (Wildman–Crippen MR) is 82.2 cm³/mol. The summed E-state index contributed by atoms with van der Waals surface area (Å²) in [6.45, 7) is 6.77. The molecule has 1 rings (SSSR count). The SMILES string of the molecule is CC(=O)OC[C@H]1O[C@H](OC(C)C)[C@H](C=O)[C@@H](OC(C)=O)[C@H]1OC(C)=O. The monoisotopic (exact) mass is 360 g/mol. The topological polar surface area (TPSA) is 114 Å². The molecule has 1 aliphatic rings. The lowest BCUT2D eigenvalue weighted by Gasteiger charge is -2.43. The van der Waals surface area contributed by atoms with E-state index in [0.717, 1.165) is 0 Å². The van der Waals surface area contributed by atoms with Crippen molar-refractivity contribution in [3.8, 4) is 0 Å². The summed E-state index contributed by atoms with van der Waals surface area (Å²) in [5.74, 6) is -2.89. The highest BCUT2D eigenvalue weighted by molar-refractivity contribution is 5.68. The van der Waals surface area contributed by atoms with Crippen LogP contribution in [0.5, 0.6) is 0 Å². The number of carbonyl (C=O) groups is 4. The Balaban J connectivity index is 3.17. The third-order valence-electron chi connectivity index (χ3n) is 3.31. The van der Waals surface area contributed by atoms with Crippen LogP contribution in [0, 0.1) is 5.92 Å². The molecule has 0 bridgehead atoms. The number of esters is 3. The Morgan fingerprint density at radius 2 is 1.56 bits per heavy atom. The first kappa shape index (κ1) is 21.0. The van der Waals surface area contributed by atoms with E-state index in [9.17, 15) is 19.2 Å². The van der Waals surface area contributed by atoms with Gasteiger partial charge in [0.15, 0.2) is 18.5 Å². The molecule has 0 amide bonds. The predicted octanol–water partition coefficient (Wildman–Crippen LogP) is 0.378. The van der Waals surface area contributed by atoms with E-state index in [1.165, 1.54) is 20.8 Å². The molecule has 142 valence electrons. The zero-order valence-electron chi connectivity index (χ0n) is 14.9. The smallest absolute Gasteiger partial charge is 0.303 e. The molecule has 9 heteroatoms. The van der Waals surface area contributed by atoms with Gasteiger partial charge in [0.2, 0.25) is 0 Å². The molecule has 0 unspecified atom stereocenters. The summed E-state index contributed by atoms with van der Waals surface area (Å²) in [7, 11) is 0. The lowest BCUT2D eigenvalue weighted by atomic mass is 9.91. The Labute approximate surface area is 145 Å². The van der Waals surface area contributed by atoms with Crippen molar-refractivity contribution in [2.24, 2.45) is 5.92 Å². The molecule has 0 aromatic rings. The van der Waals surface area contributed by atoms with Crippen LogP contribution in [-0.4, -0.2) is 61.5 Å². The van der Waals surface area contributed by atoms with E-state index in [-0.39, 0.29) is 12.7 Å². The summed E-state index contributed by atoms with van der Waals surface area (Å²) in [4.78, 5) is 45.6. The van der Waals surface area contributed by atoms with E-state index in [2.05, 4.69) is 0 Å². The van der Waals surface area contributed by atoms with Crippen LogP contribution in [0.4, 0.5) is 0 Å². The first-order chi connectivity index (χ1) is 11.6. The maximum atomic E-state index is 11.6. The van der Waals surface area contributed by atoms with Crippen molar-refractivity contribution in [3.05, 3.63) is 0 Å². The minimum atomic E-state index is -1.13. The Morgan fingerprint density at radius 3 is 2.00 bits per heavy atom. The average molecular weight is 360 g/mol. The quantitative estimate of drug-likeness (QED) is 0.361. The van der Waals surface area contributed by atoms with E-state index in [4.69, 9.17) is 23.7 Å². The van der Waals surface area contributed by atoms with Crippen LogP contribution in [0.2, 0.25) is 0 Å². The van der Waals surface area contributed by atoms with E-state index in [1.807, 2.05) is 0 Å². The third-order valence-corrected chi connectivity index (χ3v) is 3.31. The van der Waals surface area contributed by atoms with E-state index >= 15 is 0 Å². The second kappa shape index (κ2) is 9.47. The number of aldehydes is 1. The van der Waals surface area contributed by atoms with Gasteiger partial charge in [0, 0.05) is 20.8 Å². The minimum absolute atomic E-state index is 0.255. The van der Waals surface area contributed by atoms with Crippen molar-refractivity contribution in [2.75, 3.05) is 6.61 Å². The Hall–Kier alpha value is -2.00. The fourth-order valence-electron chi connectivity index (χ4n) is 2.46. The Bertz CT molecular complexity index is 502. The molecular weight excluding hydrogens is 336 g/mol. The Kier molecular flexibility index (Phi) is 7.98. The molecule has 5 atom stereocenters. The zero-order chi connectivity index (χ0) is 19.1. The molecule has 1 heterocycles. The maximum absolute atomic E-state index is 11.6. The first-order valence-corrected chi connectivity index (χ1v) is 7.89. The van der Waals surface area contributed by atoms with Gasteiger partial charge in [-0.2, -0.15) is 0 Å².